The molecule has 3 aromatic rings. The Morgan fingerprint density at radius 1 is 1.13 bits per heavy atom. The van der Waals surface area contributed by atoms with Gasteiger partial charge in [0.1, 0.15) is 17.0 Å². The van der Waals surface area contributed by atoms with Crippen LogP contribution in [0.1, 0.15) is 67.6 Å². The molecule has 0 N–H and O–H groups in total. The first-order chi connectivity index (χ1) is 11.3. The number of thiophene rings is 1. The Hall–Kier alpha value is -1.49. The molecular weight excluding hydrogens is 304 g/mol. The van der Waals surface area contributed by atoms with Gasteiger partial charge in [0, 0.05) is 10.8 Å². The molecule has 0 aromatic carbocycles. The summed E-state index contributed by atoms with van der Waals surface area (Å²) in [7, 11) is 0. The third-order valence-electron chi connectivity index (χ3n) is 5.70. The van der Waals surface area contributed by atoms with Crippen molar-refractivity contribution in [3.63, 3.8) is 0 Å². The largest absolute Gasteiger partial charge is 0.268 e. The summed E-state index contributed by atoms with van der Waals surface area (Å²) < 4.78 is 2.18. The Kier molecular flexibility index (Phi) is 3.18. The van der Waals surface area contributed by atoms with Crippen molar-refractivity contribution in [1.82, 2.24) is 19.6 Å². The topological polar surface area (TPSA) is 43.1 Å². The maximum absolute atomic E-state index is 4.77. The fourth-order valence-corrected chi connectivity index (χ4v) is 5.74. The van der Waals surface area contributed by atoms with Crippen LogP contribution in [0.5, 0.6) is 0 Å². The fraction of sp³-hybridized carbons (Fsp3) is 0.611. The Morgan fingerprint density at radius 2 is 2.00 bits per heavy atom. The highest BCUT2D eigenvalue weighted by atomic mass is 32.1. The van der Waals surface area contributed by atoms with Gasteiger partial charge in [-0.1, -0.05) is 26.2 Å². The van der Waals surface area contributed by atoms with E-state index in [1.807, 2.05) is 17.7 Å². The van der Waals surface area contributed by atoms with Gasteiger partial charge in [0.2, 0.25) is 0 Å². The number of rotatable bonds is 1. The SMILES string of the molecule is CC1CCc2c(sc3ncn4c(C5CCCCC5)nnc4c23)C1. The molecule has 3 aromatic heterocycles. The molecule has 2 aliphatic carbocycles. The summed E-state index contributed by atoms with van der Waals surface area (Å²) in [6.45, 7) is 2.36. The van der Waals surface area contributed by atoms with E-state index >= 15 is 0 Å². The van der Waals surface area contributed by atoms with Crippen molar-refractivity contribution < 1.29 is 0 Å². The molecule has 1 unspecified atom stereocenters. The molecule has 0 saturated heterocycles. The standard InChI is InChI=1S/C18H22N4S/c1-11-7-8-13-14(9-11)23-18-15(13)17-21-20-16(22(17)10-19-18)12-5-3-2-4-6-12/h10-12H,2-9H2,1H3. The molecule has 23 heavy (non-hydrogen) atoms. The summed E-state index contributed by atoms with van der Waals surface area (Å²) in [6, 6.07) is 0. The third kappa shape index (κ3) is 2.12. The van der Waals surface area contributed by atoms with E-state index in [2.05, 4.69) is 21.5 Å². The lowest BCUT2D eigenvalue weighted by molar-refractivity contribution is 0.426. The summed E-state index contributed by atoms with van der Waals surface area (Å²) in [4.78, 5) is 7.45. The number of hydrogen-bond donors (Lipinski definition) is 0. The molecular formula is C18H22N4S. The molecule has 0 radical (unpaired) electrons. The number of aromatic nitrogens is 4. The van der Waals surface area contributed by atoms with Gasteiger partial charge in [-0.25, -0.2) is 4.98 Å². The minimum Gasteiger partial charge on any atom is -0.268 e. The highest BCUT2D eigenvalue weighted by molar-refractivity contribution is 7.19. The second-order valence-corrected chi connectivity index (χ2v) is 8.45. The molecule has 0 bridgehead atoms. The van der Waals surface area contributed by atoms with E-state index in [4.69, 9.17) is 4.98 Å². The molecule has 5 heteroatoms. The van der Waals surface area contributed by atoms with E-state index in [1.165, 1.54) is 67.2 Å². The van der Waals surface area contributed by atoms with E-state index < -0.39 is 0 Å². The highest BCUT2D eigenvalue weighted by Crippen LogP contribution is 2.39. The van der Waals surface area contributed by atoms with Gasteiger partial charge in [-0.15, -0.1) is 21.5 Å². The number of fused-ring (bicyclic) bond motifs is 5. The second kappa shape index (κ2) is 5.26. The fourth-order valence-electron chi connectivity index (χ4n) is 4.39. The lowest BCUT2D eigenvalue weighted by Crippen LogP contribution is -2.09. The van der Waals surface area contributed by atoms with Crippen molar-refractivity contribution in [3.8, 4) is 0 Å². The Balaban J connectivity index is 1.69. The molecule has 2 aliphatic rings. The van der Waals surface area contributed by atoms with E-state index in [1.54, 1.807) is 0 Å². The summed E-state index contributed by atoms with van der Waals surface area (Å²) in [5.74, 6) is 2.49. The molecule has 0 aliphatic heterocycles. The first-order valence-electron chi connectivity index (χ1n) is 8.95. The Bertz CT molecular complexity index is 872. The van der Waals surface area contributed by atoms with Gasteiger partial charge in [0.25, 0.3) is 0 Å². The number of hydrogen-bond acceptors (Lipinski definition) is 4. The number of nitrogens with zero attached hydrogens (tertiary/aromatic N) is 4. The maximum atomic E-state index is 4.77. The van der Waals surface area contributed by atoms with Crippen LogP contribution >= 0.6 is 11.3 Å². The van der Waals surface area contributed by atoms with Crippen molar-refractivity contribution in [3.05, 3.63) is 22.6 Å². The van der Waals surface area contributed by atoms with Crippen LogP contribution in [0.15, 0.2) is 6.33 Å². The molecule has 1 atom stereocenters. The first kappa shape index (κ1) is 13.9. The van der Waals surface area contributed by atoms with Crippen molar-refractivity contribution in [2.24, 2.45) is 5.92 Å². The smallest absolute Gasteiger partial charge is 0.172 e. The van der Waals surface area contributed by atoms with E-state index in [-0.39, 0.29) is 0 Å². The van der Waals surface area contributed by atoms with Crippen LogP contribution in [-0.4, -0.2) is 19.6 Å². The van der Waals surface area contributed by atoms with Crippen molar-refractivity contribution >= 4 is 27.2 Å². The summed E-state index contributed by atoms with van der Waals surface area (Å²) in [5, 5.41) is 10.5. The molecule has 1 saturated carbocycles. The molecule has 3 heterocycles. The highest BCUT2D eigenvalue weighted by Gasteiger charge is 2.26. The van der Waals surface area contributed by atoms with Crippen molar-refractivity contribution in [1.29, 1.82) is 0 Å². The van der Waals surface area contributed by atoms with Crippen LogP contribution in [0.25, 0.3) is 15.9 Å². The molecule has 5 rings (SSSR count). The van der Waals surface area contributed by atoms with Gasteiger partial charge in [0.05, 0.1) is 5.39 Å². The molecule has 1 fully saturated rings. The predicted molar refractivity (Wildman–Crippen MR) is 93.2 cm³/mol. The lowest BCUT2D eigenvalue weighted by atomic mass is 9.88. The normalized spacial score (nSPS) is 22.7. The van der Waals surface area contributed by atoms with Crippen molar-refractivity contribution in [2.45, 2.75) is 64.2 Å². The second-order valence-electron chi connectivity index (χ2n) is 7.36. The number of aryl methyl sites for hydroxylation is 1. The zero-order valence-corrected chi connectivity index (χ0v) is 14.4. The molecule has 4 nitrogen and oxygen atoms in total. The van der Waals surface area contributed by atoms with E-state index in [9.17, 15) is 0 Å². The van der Waals surface area contributed by atoms with E-state index in [0.29, 0.717) is 5.92 Å². The van der Waals surface area contributed by atoms with Gasteiger partial charge in [-0.3, -0.25) is 4.40 Å². The minimum atomic E-state index is 0.562. The van der Waals surface area contributed by atoms with Crippen molar-refractivity contribution in [2.75, 3.05) is 0 Å². The van der Waals surface area contributed by atoms with Crippen LogP contribution in [0.4, 0.5) is 0 Å². The minimum absolute atomic E-state index is 0.562. The van der Waals surface area contributed by atoms with Gasteiger partial charge in [-0.05, 0) is 43.6 Å². The molecule has 0 spiro atoms. The van der Waals surface area contributed by atoms with Gasteiger partial charge < -0.3 is 0 Å². The third-order valence-corrected chi connectivity index (χ3v) is 6.86. The predicted octanol–water partition coefficient (Wildman–Crippen LogP) is 4.51. The Labute approximate surface area is 140 Å². The van der Waals surface area contributed by atoms with Crippen LogP contribution in [0.2, 0.25) is 0 Å². The van der Waals surface area contributed by atoms with Gasteiger partial charge in [0.15, 0.2) is 5.65 Å². The monoisotopic (exact) mass is 326 g/mol. The zero-order valence-electron chi connectivity index (χ0n) is 13.6. The van der Waals surface area contributed by atoms with Crippen LogP contribution in [0.3, 0.4) is 0 Å². The van der Waals surface area contributed by atoms with Crippen LogP contribution in [-0.2, 0) is 12.8 Å². The molecule has 0 amide bonds. The molecule has 120 valence electrons. The van der Waals surface area contributed by atoms with E-state index in [0.717, 1.165) is 22.2 Å². The van der Waals surface area contributed by atoms with Gasteiger partial charge >= 0.3 is 0 Å². The first-order valence-corrected chi connectivity index (χ1v) is 9.77. The average Bonchev–Trinajstić information content (AvgIpc) is 3.15. The van der Waals surface area contributed by atoms with Crippen LogP contribution in [0, 0.1) is 5.92 Å². The quantitative estimate of drug-likeness (QED) is 0.661. The summed E-state index contributed by atoms with van der Waals surface area (Å²) in [6.07, 6.45) is 12.1. The maximum Gasteiger partial charge on any atom is 0.172 e. The van der Waals surface area contributed by atoms with Crippen LogP contribution < -0.4 is 0 Å². The Morgan fingerprint density at radius 3 is 2.87 bits per heavy atom. The zero-order chi connectivity index (χ0) is 15.4. The summed E-state index contributed by atoms with van der Waals surface area (Å²) >= 11 is 1.87. The summed E-state index contributed by atoms with van der Waals surface area (Å²) in [5.41, 5.74) is 2.55. The lowest BCUT2D eigenvalue weighted by Gasteiger charge is -2.19. The average molecular weight is 326 g/mol. The van der Waals surface area contributed by atoms with Gasteiger partial charge in [-0.2, -0.15) is 0 Å².